The molecule has 5 heteroatoms. The molecule has 2 heterocycles. The Bertz CT molecular complexity index is 903. The molecular weight excluding hydrogens is 324 g/mol. The van der Waals surface area contributed by atoms with Gasteiger partial charge in [0.25, 0.3) is 5.91 Å². The summed E-state index contributed by atoms with van der Waals surface area (Å²) in [6, 6.07) is 12.3. The summed E-state index contributed by atoms with van der Waals surface area (Å²) in [5.74, 6) is 0.424. The third-order valence-corrected chi connectivity index (χ3v) is 4.93. The van der Waals surface area contributed by atoms with Gasteiger partial charge < -0.3 is 15.1 Å². The fourth-order valence-corrected chi connectivity index (χ4v) is 3.63. The summed E-state index contributed by atoms with van der Waals surface area (Å²) in [5, 5.41) is 3.17. The fraction of sp³-hybridized carbons (Fsp3) is 0.316. The SMILES string of the molecule is Cc1c(C(=O)N2CCCC2CN)oc2c1ccc1ccccc12.Cl. The van der Waals surface area contributed by atoms with E-state index in [1.807, 2.05) is 36.1 Å². The molecular formula is C19H21ClN2O2. The lowest BCUT2D eigenvalue weighted by Gasteiger charge is -2.22. The van der Waals surface area contributed by atoms with Crippen molar-refractivity contribution < 1.29 is 9.21 Å². The molecule has 1 atom stereocenters. The number of fused-ring (bicyclic) bond motifs is 3. The third-order valence-electron chi connectivity index (χ3n) is 4.93. The lowest BCUT2D eigenvalue weighted by Crippen LogP contribution is -2.40. The smallest absolute Gasteiger partial charge is 0.290 e. The molecule has 2 N–H and O–H groups in total. The van der Waals surface area contributed by atoms with Crippen molar-refractivity contribution in [2.45, 2.75) is 25.8 Å². The minimum absolute atomic E-state index is 0. The molecule has 1 unspecified atom stereocenters. The van der Waals surface area contributed by atoms with E-state index in [0.717, 1.165) is 46.7 Å². The van der Waals surface area contributed by atoms with Gasteiger partial charge in [0.2, 0.25) is 0 Å². The Morgan fingerprint density at radius 3 is 2.83 bits per heavy atom. The van der Waals surface area contributed by atoms with Crippen molar-refractivity contribution in [1.29, 1.82) is 0 Å². The number of rotatable bonds is 2. The molecule has 24 heavy (non-hydrogen) atoms. The van der Waals surface area contributed by atoms with Crippen molar-refractivity contribution in [3.8, 4) is 0 Å². The molecule has 0 aliphatic carbocycles. The summed E-state index contributed by atoms with van der Waals surface area (Å²) >= 11 is 0. The summed E-state index contributed by atoms with van der Waals surface area (Å²) in [7, 11) is 0. The van der Waals surface area contributed by atoms with Crippen molar-refractivity contribution in [3.05, 3.63) is 47.7 Å². The van der Waals surface area contributed by atoms with Crippen molar-refractivity contribution >= 4 is 40.1 Å². The molecule has 126 valence electrons. The number of furan rings is 1. The van der Waals surface area contributed by atoms with E-state index in [1.54, 1.807) is 0 Å². The molecule has 1 fully saturated rings. The first kappa shape index (κ1) is 16.8. The Morgan fingerprint density at radius 1 is 1.25 bits per heavy atom. The highest BCUT2D eigenvalue weighted by atomic mass is 35.5. The van der Waals surface area contributed by atoms with Gasteiger partial charge in [-0.1, -0.05) is 36.4 Å². The Hall–Kier alpha value is -2.04. The topological polar surface area (TPSA) is 59.5 Å². The number of benzene rings is 2. The Labute approximate surface area is 147 Å². The standard InChI is InChI=1S/C19H20N2O2.ClH/c1-12-15-9-8-13-5-2-3-7-16(13)18(15)23-17(12)19(22)21-10-4-6-14(21)11-20;/h2-3,5,7-9,14H,4,6,10-11,20H2,1H3;1H. The van der Waals surface area contributed by atoms with Gasteiger partial charge in [0, 0.05) is 35.5 Å². The van der Waals surface area contributed by atoms with Crippen LogP contribution >= 0.6 is 12.4 Å². The molecule has 1 aliphatic heterocycles. The quantitative estimate of drug-likeness (QED) is 0.767. The van der Waals surface area contributed by atoms with E-state index in [-0.39, 0.29) is 24.4 Å². The second-order valence-electron chi connectivity index (χ2n) is 6.25. The van der Waals surface area contributed by atoms with Gasteiger partial charge >= 0.3 is 0 Å². The van der Waals surface area contributed by atoms with E-state index in [9.17, 15) is 4.79 Å². The lowest BCUT2D eigenvalue weighted by molar-refractivity contribution is 0.0710. The Morgan fingerprint density at radius 2 is 2.04 bits per heavy atom. The number of carbonyl (C=O) groups excluding carboxylic acids is 1. The maximum absolute atomic E-state index is 12.9. The second kappa shape index (κ2) is 6.46. The second-order valence-corrected chi connectivity index (χ2v) is 6.25. The first-order valence-electron chi connectivity index (χ1n) is 8.12. The van der Waals surface area contributed by atoms with Crippen molar-refractivity contribution in [2.24, 2.45) is 5.73 Å². The molecule has 4 rings (SSSR count). The minimum Gasteiger partial charge on any atom is -0.450 e. The molecule has 0 bridgehead atoms. The molecule has 1 amide bonds. The predicted octanol–water partition coefficient (Wildman–Crippen LogP) is 3.88. The van der Waals surface area contributed by atoms with Gasteiger partial charge in [-0.05, 0) is 25.2 Å². The highest BCUT2D eigenvalue weighted by Gasteiger charge is 2.31. The number of hydrogen-bond acceptors (Lipinski definition) is 3. The average molecular weight is 345 g/mol. The predicted molar refractivity (Wildman–Crippen MR) is 98.8 cm³/mol. The maximum Gasteiger partial charge on any atom is 0.290 e. The number of halogens is 1. The van der Waals surface area contributed by atoms with Gasteiger partial charge in [0.15, 0.2) is 5.76 Å². The number of hydrogen-bond donors (Lipinski definition) is 1. The Balaban J connectivity index is 0.00000169. The van der Waals surface area contributed by atoms with E-state index in [0.29, 0.717) is 12.3 Å². The van der Waals surface area contributed by atoms with Crippen LogP contribution < -0.4 is 5.73 Å². The molecule has 0 saturated carbocycles. The first-order valence-corrected chi connectivity index (χ1v) is 8.12. The summed E-state index contributed by atoms with van der Waals surface area (Å²) in [4.78, 5) is 14.8. The largest absolute Gasteiger partial charge is 0.450 e. The van der Waals surface area contributed by atoms with Crippen molar-refractivity contribution in [3.63, 3.8) is 0 Å². The molecule has 1 aliphatic rings. The van der Waals surface area contributed by atoms with Crippen LogP contribution in [0.5, 0.6) is 0 Å². The zero-order valence-corrected chi connectivity index (χ0v) is 14.4. The van der Waals surface area contributed by atoms with Crippen LogP contribution in [0.2, 0.25) is 0 Å². The van der Waals surface area contributed by atoms with Crippen molar-refractivity contribution in [1.82, 2.24) is 4.90 Å². The van der Waals surface area contributed by atoms with Crippen LogP contribution in [-0.2, 0) is 0 Å². The van der Waals surface area contributed by atoms with E-state index in [4.69, 9.17) is 10.2 Å². The lowest BCUT2D eigenvalue weighted by atomic mass is 10.1. The molecule has 3 aromatic rings. The van der Waals surface area contributed by atoms with Crippen LogP contribution in [0, 0.1) is 6.92 Å². The highest BCUT2D eigenvalue weighted by Crippen LogP contribution is 2.33. The minimum atomic E-state index is -0.0317. The zero-order valence-electron chi connectivity index (χ0n) is 13.6. The van der Waals surface area contributed by atoms with Gasteiger partial charge in [-0.3, -0.25) is 4.79 Å². The summed E-state index contributed by atoms with van der Waals surface area (Å²) in [6.07, 6.45) is 1.99. The zero-order chi connectivity index (χ0) is 16.0. The molecule has 0 radical (unpaired) electrons. The van der Waals surface area contributed by atoms with E-state index in [2.05, 4.69) is 12.1 Å². The molecule has 1 aromatic heterocycles. The van der Waals surface area contributed by atoms with Crippen LogP contribution in [0.4, 0.5) is 0 Å². The fourth-order valence-electron chi connectivity index (χ4n) is 3.63. The van der Waals surface area contributed by atoms with Gasteiger partial charge in [-0.2, -0.15) is 0 Å². The number of nitrogens with zero attached hydrogens (tertiary/aromatic N) is 1. The first-order chi connectivity index (χ1) is 11.2. The maximum atomic E-state index is 12.9. The van der Waals surface area contributed by atoms with Gasteiger partial charge in [-0.25, -0.2) is 0 Å². The van der Waals surface area contributed by atoms with Crippen molar-refractivity contribution in [2.75, 3.05) is 13.1 Å². The summed E-state index contributed by atoms with van der Waals surface area (Å²) in [6.45, 7) is 3.23. The normalized spacial score (nSPS) is 17.4. The third kappa shape index (κ3) is 2.46. The number of carbonyl (C=O) groups is 1. The number of amides is 1. The van der Waals surface area contributed by atoms with Crippen LogP contribution in [0.15, 0.2) is 40.8 Å². The summed E-state index contributed by atoms with van der Waals surface area (Å²) in [5.41, 5.74) is 7.52. The Kier molecular flexibility index (Phi) is 4.52. The monoisotopic (exact) mass is 344 g/mol. The molecule has 1 saturated heterocycles. The molecule has 0 spiro atoms. The number of nitrogens with two attached hydrogens (primary N) is 1. The number of likely N-dealkylation sites (tertiary alicyclic amines) is 1. The number of aryl methyl sites for hydroxylation is 1. The van der Waals surface area contributed by atoms with Crippen LogP contribution in [0.1, 0.15) is 29.0 Å². The van der Waals surface area contributed by atoms with E-state index >= 15 is 0 Å². The van der Waals surface area contributed by atoms with Gasteiger partial charge in [-0.15, -0.1) is 12.4 Å². The van der Waals surface area contributed by atoms with Gasteiger partial charge in [0.05, 0.1) is 0 Å². The van der Waals surface area contributed by atoms with Crippen LogP contribution in [0.3, 0.4) is 0 Å². The van der Waals surface area contributed by atoms with Gasteiger partial charge in [0.1, 0.15) is 5.58 Å². The summed E-state index contributed by atoms with van der Waals surface area (Å²) < 4.78 is 6.05. The molecule has 2 aromatic carbocycles. The average Bonchev–Trinajstić information content (AvgIpc) is 3.19. The van der Waals surface area contributed by atoms with E-state index in [1.165, 1.54) is 0 Å². The van der Waals surface area contributed by atoms with Crippen LogP contribution in [0.25, 0.3) is 21.7 Å². The molecule has 4 nitrogen and oxygen atoms in total. The highest BCUT2D eigenvalue weighted by molar-refractivity contribution is 6.08. The van der Waals surface area contributed by atoms with Crippen LogP contribution in [-0.4, -0.2) is 29.9 Å². The van der Waals surface area contributed by atoms with E-state index < -0.39 is 0 Å².